The normalized spacial score (nSPS) is 15.1. The highest BCUT2D eigenvalue weighted by molar-refractivity contribution is 9.10. The average Bonchev–Trinajstić information content (AvgIpc) is 2.73. The standard InChI is InChI=1S/C23H28BrN3O2/c1-17-6-8-18(9-7-17)10-11-19-12-14-27(15-13-19)16-22(28)25-26-23(29)20-4-2-3-5-21(20)24/h2-9,19H,10-16H2,1H3,(H,25,28)(H,26,29). The highest BCUT2D eigenvalue weighted by atomic mass is 79.9. The molecule has 0 radical (unpaired) electrons. The summed E-state index contributed by atoms with van der Waals surface area (Å²) in [6.07, 6.45) is 4.54. The summed E-state index contributed by atoms with van der Waals surface area (Å²) in [5.41, 5.74) is 8.19. The number of rotatable bonds is 6. The number of hydrogen-bond donors (Lipinski definition) is 2. The number of hydrogen-bond acceptors (Lipinski definition) is 3. The van der Waals surface area contributed by atoms with E-state index in [-0.39, 0.29) is 11.8 Å². The Balaban J connectivity index is 1.34. The van der Waals surface area contributed by atoms with Crippen molar-refractivity contribution in [3.05, 3.63) is 69.7 Å². The molecule has 0 unspecified atom stereocenters. The summed E-state index contributed by atoms with van der Waals surface area (Å²) in [4.78, 5) is 26.5. The van der Waals surface area contributed by atoms with Gasteiger partial charge in [-0.1, -0.05) is 42.0 Å². The fourth-order valence-corrected chi connectivity index (χ4v) is 4.11. The van der Waals surface area contributed by atoms with Crippen molar-refractivity contribution in [3.63, 3.8) is 0 Å². The van der Waals surface area contributed by atoms with Crippen LogP contribution in [0.2, 0.25) is 0 Å². The predicted octanol–water partition coefficient (Wildman–Crippen LogP) is 3.86. The minimum Gasteiger partial charge on any atom is -0.294 e. The van der Waals surface area contributed by atoms with Gasteiger partial charge in [0.2, 0.25) is 0 Å². The van der Waals surface area contributed by atoms with E-state index in [1.54, 1.807) is 18.2 Å². The van der Waals surface area contributed by atoms with Crippen LogP contribution in [0.1, 0.15) is 40.7 Å². The van der Waals surface area contributed by atoms with Crippen LogP contribution in [0, 0.1) is 12.8 Å². The Bertz CT molecular complexity index is 830. The maximum absolute atomic E-state index is 12.2. The first-order valence-corrected chi connectivity index (χ1v) is 10.9. The molecule has 6 heteroatoms. The van der Waals surface area contributed by atoms with Crippen molar-refractivity contribution in [1.82, 2.24) is 15.8 Å². The molecule has 0 saturated carbocycles. The van der Waals surface area contributed by atoms with Gasteiger partial charge >= 0.3 is 0 Å². The molecule has 0 aromatic heterocycles. The highest BCUT2D eigenvalue weighted by Gasteiger charge is 2.21. The van der Waals surface area contributed by atoms with Gasteiger partial charge in [-0.3, -0.25) is 25.3 Å². The molecule has 2 aromatic carbocycles. The van der Waals surface area contributed by atoms with Gasteiger partial charge in [0.05, 0.1) is 12.1 Å². The van der Waals surface area contributed by atoms with Crippen LogP contribution < -0.4 is 10.9 Å². The number of halogens is 1. The van der Waals surface area contributed by atoms with Gasteiger partial charge in [-0.15, -0.1) is 0 Å². The number of amides is 2. The van der Waals surface area contributed by atoms with Crippen molar-refractivity contribution in [3.8, 4) is 0 Å². The first-order chi connectivity index (χ1) is 14.0. The van der Waals surface area contributed by atoms with Crippen LogP contribution in [-0.2, 0) is 11.2 Å². The molecule has 1 heterocycles. The van der Waals surface area contributed by atoms with E-state index >= 15 is 0 Å². The quantitative estimate of drug-likeness (QED) is 0.647. The largest absolute Gasteiger partial charge is 0.294 e. The molecule has 29 heavy (non-hydrogen) atoms. The fourth-order valence-electron chi connectivity index (χ4n) is 3.64. The van der Waals surface area contributed by atoms with Gasteiger partial charge < -0.3 is 0 Å². The summed E-state index contributed by atoms with van der Waals surface area (Å²) in [5.74, 6) is 0.190. The number of likely N-dealkylation sites (tertiary alicyclic amines) is 1. The van der Waals surface area contributed by atoms with E-state index < -0.39 is 0 Å². The molecule has 0 aliphatic carbocycles. The molecule has 0 bridgehead atoms. The molecule has 0 spiro atoms. The maximum Gasteiger partial charge on any atom is 0.270 e. The third-order valence-electron chi connectivity index (χ3n) is 5.47. The van der Waals surface area contributed by atoms with Crippen LogP contribution in [0.4, 0.5) is 0 Å². The second kappa shape index (κ2) is 10.6. The maximum atomic E-state index is 12.2. The van der Waals surface area contributed by atoms with E-state index in [1.165, 1.54) is 17.5 Å². The third-order valence-corrected chi connectivity index (χ3v) is 6.16. The number of aryl methyl sites for hydroxylation is 2. The molecule has 1 aliphatic heterocycles. The van der Waals surface area contributed by atoms with Crippen molar-refractivity contribution in [2.24, 2.45) is 5.92 Å². The summed E-state index contributed by atoms with van der Waals surface area (Å²) < 4.78 is 0.694. The molecule has 1 aliphatic rings. The zero-order chi connectivity index (χ0) is 20.6. The lowest BCUT2D eigenvalue weighted by Crippen LogP contribution is -2.48. The van der Waals surface area contributed by atoms with Crippen LogP contribution in [0.25, 0.3) is 0 Å². The molecule has 2 N–H and O–H groups in total. The minimum atomic E-state index is -0.333. The lowest BCUT2D eigenvalue weighted by Gasteiger charge is -2.31. The number of carbonyl (C=O) groups excluding carboxylic acids is 2. The minimum absolute atomic E-state index is 0.191. The molecule has 1 fully saturated rings. The third kappa shape index (κ3) is 6.68. The van der Waals surface area contributed by atoms with Crippen LogP contribution in [-0.4, -0.2) is 36.3 Å². The Morgan fingerprint density at radius 1 is 1.03 bits per heavy atom. The summed E-state index contributed by atoms with van der Waals surface area (Å²) in [6.45, 7) is 4.26. The number of carbonyl (C=O) groups is 2. The predicted molar refractivity (Wildman–Crippen MR) is 118 cm³/mol. The van der Waals surface area contributed by atoms with Gasteiger partial charge in [-0.25, -0.2) is 0 Å². The molecule has 154 valence electrons. The van der Waals surface area contributed by atoms with Gasteiger partial charge in [0, 0.05) is 4.47 Å². The van der Waals surface area contributed by atoms with E-state index in [0.29, 0.717) is 22.5 Å². The van der Waals surface area contributed by atoms with Gasteiger partial charge in [-0.05, 0) is 85.2 Å². The number of benzene rings is 2. The van der Waals surface area contributed by atoms with Crippen molar-refractivity contribution in [2.75, 3.05) is 19.6 Å². The average molecular weight is 458 g/mol. The van der Waals surface area contributed by atoms with E-state index in [9.17, 15) is 9.59 Å². The Hall–Kier alpha value is -2.18. The highest BCUT2D eigenvalue weighted by Crippen LogP contribution is 2.22. The summed E-state index contributed by atoms with van der Waals surface area (Å²) in [7, 11) is 0. The molecule has 3 rings (SSSR count). The van der Waals surface area contributed by atoms with Gasteiger partial charge in [-0.2, -0.15) is 0 Å². The molecule has 5 nitrogen and oxygen atoms in total. The van der Waals surface area contributed by atoms with Crippen molar-refractivity contribution in [1.29, 1.82) is 0 Å². The molecule has 1 saturated heterocycles. The number of piperidine rings is 1. The van der Waals surface area contributed by atoms with Crippen LogP contribution in [0.3, 0.4) is 0 Å². The van der Waals surface area contributed by atoms with Gasteiger partial charge in [0.1, 0.15) is 0 Å². The van der Waals surface area contributed by atoms with Gasteiger partial charge in [0.15, 0.2) is 0 Å². The van der Waals surface area contributed by atoms with Gasteiger partial charge in [0.25, 0.3) is 11.8 Å². The first-order valence-electron chi connectivity index (χ1n) is 10.1. The summed E-state index contributed by atoms with van der Waals surface area (Å²) in [5, 5.41) is 0. The molecule has 2 amide bonds. The number of nitrogens with zero attached hydrogens (tertiary/aromatic N) is 1. The molecule has 0 atom stereocenters. The van der Waals surface area contributed by atoms with Crippen molar-refractivity contribution in [2.45, 2.75) is 32.6 Å². The topological polar surface area (TPSA) is 61.4 Å². The van der Waals surface area contributed by atoms with Crippen molar-refractivity contribution < 1.29 is 9.59 Å². The van der Waals surface area contributed by atoms with E-state index in [2.05, 4.69) is 62.9 Å². The van der Waals surface area contributed by atoms with E-state index in [0.717, 1.165) is 32.4 Å². The van der Waals surface area contributed by atoms with E-state index in [1.807, 2.05) is 6.07 Å². The Labute approximate surface area is 181 Å². The fraction of sp³-hybridized carbons (Fsp3) is 0.391. The van der Waals surface area contributed by atoms with E-state index in [4.69, 9.17) is 0 Å². The zero-order valence-corrected chi connectivity index (χ0v) is 18.4. The summed E-state index contributed by atoms with van der Waals surface area (Å²) >= 11 is 3.34. The molecular weight excluding hydrogens is 430 g/mol. The monoisotopic (exact) mass is 457 g/mol. The Kier molecular flexibility index (Phi) is 7.83. The van der Waals surface area contributed by atoms with Crippen LogP contribution in [0.15, 0.2) is 53.0 Å². The zero-order valence-electron chi connectivity index (χ0n) is 16.8. The molecule has 2 aromatic rings. The second-order valence-corrected chi connectivity index (χ2v) is 8.58. The lowest BCUT2D eigenvalue weighted by atomic mass is 9.90. The smallest absolute Gasteiger partial charge is 0.270 e. The van der Waals surface area contributed by atoms with Crippen molar-refractivity contribution >= 4 is 27.7 Å². The lowest BCUT2D eigenvalue weighted by molar-refractivity contribution is -0.123. The SMILES string of the molecule is Cc1ccc(CCC2CCN(CC(=O)NNC(=O)c3ccccc3Br)CC2)cc1. The first kappa shape index (κ1) is 21.5. The Morgan fingerprint density at radius 3 is 2.41 bits per heavy atom. The summed E-state index contributed by atoms with van der Waals surface area (Å²) in [6, 6.07) is 15.9. The van der Waals surface area contributed by atoms with Crippen LogP contribution in [0.5, 0.6) is 0 Å². The second-order valence-electron chi connectivity index (χ2n) is 7.73. The Morgan fingerprint density at radius 2 is 1.72 bits per heavy atom. The number of nitrogens with one attached hydrogen (secondary N) is 2. The van der Waals surface area contributed by atoms with Crippen LogP contribution >= 0.6 is 15.9 Å². The number of hydrazine groups is 1. The molecular formula is C23H28BrN3O2.